The minimum Gasteiger partial charge on any atom is -0.481 e. The second-order valence-corrected chi connectivity index (χ2v) is 7.44. The Morgan fingerprint density at radius 2 is 1.65 bits per heavy atom. The van der Waals surface area contributed by atoms with Gasteiger partial charge in [-0.2, -0.15) is 0 Å². The highest BCUT2D eigenvalue weighted by atomic mass is 35.5. The first-order chi connectivity index (χ1) is 14.8. The van der Waals surface area contributed by atoms with Crippen molar-refractivity contribution in [3.63, 3.8) is 0 Å². The molecule has 0 heterocycles. The van der Waals surface area contributed by atoms with Gasteiger partial charge in [-0.05, 0) is 54.1 Å². The lowest BCUT2D eigenvalue weighted by Crippen LogP contribution is -2.20. The Morgan fingerprint density at radius 1 is 1.03 bits per heavy atom. The molecule has 3 aromatic carbocycles. The summed E-state index contributed by atoms with van der Waals surface area (Å²) in [5.41, 5.74) is 1.67. The topological polar surface area (TPSA) is 93.8 Å². The van der Waals surface area contributed by atoms with Gasteiger partial charge in [-0.3, -0.25) is 19.9 Å². The monoisotopic (exact) mass is 477 g/mol. The molecule has 0 aliphatic rings. The number of carbonyl (C=O) groups excluding carboxylic acids is 1. The molecule has 0 saturated carbocycles. The number of hydrogen-bond acceptors (Lipinski definition) is 5. The summed E-state index contributed by atoms with van der Waals surface area (Å²) in [7, 11) is 0. The van der Waals surface area contributed by atoms with Gasteiger partial charge in [-0.25, -0.2) is 0 Å². The van der Waals surface area contributed by atoms with Gasteiger partial charge in [-0.15, -0.1) is 0 Å². The van der Waals surface area contributed by atoms with Gasteiger partial charge in [0.1, 0.15) is 0 Å². The van der Waals surface area contributed by atoms with Crippen LogP contribution in [0.2, 0.25) is 15.1 Å². The van der Waals surface area contributed by atoms with Gasteiger partial charge in [-0.1, -0.05) is 34.8 Å². The molecule has 0 spiro atoms. The van der Waals surface area contributed by atoms with E-state index in [1.807, 2.05) is 0 Å². The summed E-state index contributed by atoms with van der Waals surface area (Å²) in [5, 5.41) is 14.3. The molecule has 7 nitrogen and oxygen atoms in total. The number of nitro benzene ring substituents is 1. The maximum atomic E-state index is 12.1. The molecular formula is C21H14Cl3N3O4. The Balaban J connectivity index is 1.63. The van der Waals surface area contributed by atoms with E-state index in [1.165, 1.54) is 30.5 Å². The van der Waals surface area contributed by atoms with Crippen molar-refractivity contribution in [3.05, 3.63) is 91.4 Å². The number of nitro groups is 1. The molecule has 3 aromatic rings. The number of non-ortho nitro benzene ring substituents is 1. The zero-order valence-corrected chi connectivity index (χ0v) is 18.0. The third-order valence-electron chi connectivity index (χ3n) is 3.92. The van der Waals surface area contributed by atoms with Gasteiger partial charge in [0, 0.05) is 29.1 Å². The van der Waals surface area contributed by atoms with Gasteiger partial charge in [0.2, 0.25) is 0 Å². The molecule has 1 amide bonds. The first-order valence-electron chi connectivity index (χ1n) is 8.77. The third-order valence-corrected chi connectivity index (χ3v) is 4.73. The van der Waals surface area contributed by atoms with Crippen LogP contribution >= 0.6 is 34.8 Å². The van der Waals surface area contributed by atoms with E-state index >= 15 is 0 Å². The van der Waals surface area contributed by atoms with Crippen LogP contribution in [0.1, 0.15) is 5.56 Å². The van der Waals surface area contributed by atoms with Crippen LogP contribution in [0, 0.1) is 10.1 Å². The van der Waals surface area contributed by atoms with E-state index in [0.717, 1.165) is 0 Å². The van der Waals surface area contributed by atoms with E-state index < -0.39 is 10.8 Å². The number of carbonyl (C=O) groups is 1. The quantitative estimate of drug-likeness (QED) is 0.244. The van der Waals surface area contributed by atoms with Gasteiger partial charge >= 0.3 is 0 Å². The first-order valence-corrected chi connectivity index (χ1v) is 9.91. The highest BCUT2D eigenvalue weighted by Crippen LogP contribution is 2.34. The van der Waals surface area contributed by atoms with Crippen molar-refractivity contribution in [2.45, 2.75) is 0 Å². The normalized spacial score (nSPS) is 10.8. The summed E-state index contributed by atoms with van der Waals surface area (Å²) < 4.78 is 5.47. The Labute approximate surface area is 192 Å². The first kappa shape index (κ1) is 22.6. The van der Waals surface area contributed by atoms with E-state index in [4.69, 9.17) is 39.5 Å². The Morgan fingerprint density at radius 3 is 2.23 bits per heavy atom. The highest BCUT2D eigenvalue weighted by molar-refractivity contribution is 6.37. The number of hydrogen-bond donors (Lipinski definition) is 1. The van der Waals surface area contributed by atoms with Crippen molar-refractivity contribution in [1.29, 1.82) is 0 Å². The number of rotatable bonds is 7. The standard InChI is InChI=1S/C21H14Cl3N3O4/c22-14-1-3-16(4-2-14)26-20(28)12-31-21-18(23)9-13(10-19(21)24)11-25-15-5-7-17(8-6-15)27(29)30/h1-11H,12H2,(H,26,28). The predicted octanol–water partition coefficient (Wildman–Crippen LogP) is 6.32. The summed E-state index contributed by atoms with van der Waals surface area (Å²) in [5.74, 6) is -0.222. The van der Waals surface area contributed by atoms with E-state index in [-0.39, 0.29) is 28.1 Å². The number of aliphatic imine (C=N–C) groups is 1. The van der Waals surface area contributed by atoms with Crippen molar-refractivity contribution in [2.75, 3.05) is 11.9 Å². The minimum absolute atomic E-state index is 0.0216. The van der Waals surface area contributed by atoms with Crippen LogP contribution in [0.4, 0.5) is 17.1 Å². The molecule has 0 radical (unpaired) electrons. The molecule has 10 heteroatoms. The van der Waals surface area contributed by atoms with Gasteiger partial charge in [0.05, 0.1) is 20.7 Å². The van der Waals surface area contributed by atoms with Crippen LogP contribution in [0.3, 0.4) is 0 Å². The number of halogens is 3. The van der Waals surface area contributed by atoms with E-state index in [1.54, 1.807) is 36.4 Å². The fourth-order valence-electron chi connectivity index (χ4n) is 2.47. The molecule has 0 atom stereocenters. The maximum absolute atomic E-state index is 12.1. The lowest BCUT2D eigenvalue weighted by atomic mass is 10.2. The molecular weight excluding hydrogens is 465 g/mol. The summed E-state index contributed by atoms with van der Waals surface area (Å²) in [6.07, 6.45) is 1.51. The smallest absolute Gasteiger partial charge is 0.269 e. The van der Waals surface area contributed by atoms with Crippen LogP contribution in [-0.4, -0.2) is 23.7 Å². The van der Waals surface area contributed by atoms with Gasteiger partial charge in [0.15, 0.2) is 12.4 Å². The second kappa shape index (κ2) is 10.3. The van der Waals surface area contributed by atoms with Crippen molar-refractivity contribution in [1.82, 2.24) is 0 Å². The van der Waals surface area contributed by atoms with Crippen molar-refractivity contribution >= 4 is 64.0 Å². The van der Waals surface area contributed by atoms with Crippen LogP contribution in [0.15, 0.2) is 65.7 Å². The van der Waals surface area contributed by atoms with Gasteiger partial charge < -0.3 is 10.1 Å². The molecule has 3 rings (SSSR count). The van der Waals surface area contributed by atoms with Crippen molar-refractivity contribution < 1.29 is 14.5 Å². The predicted molar refractivity (Wildman–Crippen MR) is 122 cm³/mol. The highest BCUT2D eigenvalue weighted by Gasteiger charge is 2.12. The van der Waals surface area contributed by atoms with E-state index in [2.05, 4.69) is 10.3 Å². The molecule has 158 valence electrons. The van der Waals surface area contributed by atoms with E-state index in [9.17, 15) is 14.9 Å². The number of ether oxygens (including phenoxy) is 1. The van der Waals surface area contributed by atoms with Crippen LogP contribution in [0.5, 0.6) is 5.75 Å². The molecule has 0 aliphatic carbocycles. The Hall–Kier alpha value is -3.13. The molecule has 31 heavy (non-hydrogen) atoms. The molecule has 1 N–H and O–H groups in total. The number of amides is 1. The lowest BCUT2D eigenvalue weighted by molar-refractivity contribution is -0.384. The summed E-state index contributed by atoms with van der Waals surface area (Å²) in [6.45, 7) is -0.293. The molecule has 0 saturated heterocycles. The Bertz CT molecular complexity index is 1110. The number of nitrogens with one attached hydrogen (secondary N) is 1. The zero-order valence-electron chi connectivity index (χ0n) is 15.7. The average molecular weight is 479 g/mol. The maximum Gasteiger partial charge on any atom is 0.269 e. The second-order valence-electron chi connectivity index (χ2n) is 6.19. The molecule has 0 fully saturated rings. The molecule has 0 bridgehead atoms. The largest absolute Gasteiger partial charge is 0.481 e. The average Bonchev–Trinajstić information content (AvgIpc) is 2.73. The number of anilines is 1. The fraction of sp³-hybridized carbons (Fsp3) is 0.0476. The zero-order chi connectivity index (χ0) is 22.4. The van der Waals surface area contributed by atoms with E-state index in [0.29, 0.717) is 22.0 Å². The van der Waals surface area contributed by atoms with Crippen molar-refractivity contribution in [3.8, 4) is 5.75 Å². The van der Waals surface area contributed by atoms with Gasteiger partial charge in [0.25, 0.3) is 11.6 Å². The summed E-state index contributed by atoms with van der Waals surface area (Å²) >= 11 is 18.3. The Kier molecular flexibility index (Phi) is 7.46. The SMILES string of the molecule is O=C(COc1c(Cl)cc(C=Nc2ccc([N+](=O)[O-])cc2)cc1Cl)Nc1ccc(Cl)cc1. The lowest BCUT2D eigenvalue weighted by Gasteiger charge is -2.11. The molecule has 0 aliphatic heterocycles. The summed E-state index contributed by atoms with van der Waals surface area (Å²) in [4.78, 5) is 26.5. The molecule has 0 unspecified atom stereocenters. The fourth-order valence-corrected chi connectivity index (χ4v) is 3.21. The number of benzene rings is 3. The number of nitrogens with zero attached hydrogens (tertiary/aromatic N) is 2. The summed E-state index contributed by atoms with van der Waals surface area (Å²) in [6, 6.07) is 15.6. The van der Waals surface area contributed by atoms with Crippen LogP contribution < -0.4 is 10.1 Å². The minimum atomic E-state index is -0.485. The van der Waals surface area contributed by atoms with Crippen LogP contribution in [-0.2, 0) is 4.79 Å². The molecule has 0 aromatic heterocycles. The third kappa shape index (κ3) is 6.42. The van der Waals surface area contributed by atoms with Crippen molar-refractivity contribution in [2.24, 2.45) is 4.99 Å². The van der Waals surface area contributed by atoms with Crippen LogP contribution in [0.25, 0.3) is 0 Å².